The highest BCUT2D eigenvalue weighted by atomic mass is 35.5. The Kier molecular flexibility index (Phi) is 6.38. The first-order chi connectivity index (χ1) is 14.9. The number of para-hydroxylation sites is 1. The molecule has 0 aliphatic heterocycles. The average molecular weight is 474 g/mol. The summed E-state index contributed by atoms with van der Waals surface area (Å²) in [5, 5.41) is 6.41. The molecule has 1 unspecified atom stereocenters. The quantitative estimate of drug-likeness (QED) is 0.400. The van der Waals surface area contributed by atoms with Crippen molar-refractivity contribution in [2.24, 2.45) is 0 Å². The van der Waals surface area contributed by atoms with E-state index in [2.05, 4.69) is 15.3 Å². The number of aromatic amines is 1. The Bertz CT molecular complexity index is 1300. The molecular formula is C22H19Cl2N4O2S+. The second kappa shape index (κ2) is 9.20. The molecule has 2 aromatic heterocycles. The number of carbonyl (C=O) groups excluding carboxylic acids is 1. The first kappa shape index (κ1) is 21.5. The lowest BCUT2D eigenvalue weighted by Crippen LogP contribution is -3.08. The number of anilines is 1. The summed E-state index contributed by atoms with van der Waals surface area (Å²) in [4.78, 5) is 34.1. The second-order valence-corrected chi connectivity index (χ2v) is 8.89. The van der Waals surface area contributed by atoms with Gasteiger partial charge in [0.1, 0.15) is 11.4 Å². The second-order valence-electron chi connectivity index (χ2n) is 7.19. The molecule has 3 N–H and O–H groups in total. The zero-order valence-corrected chi connectivity index (χ0v) is 18.9. The van der Waals surface area contributed by atoms with Crippen LogP contribution in [0.15, 0.2) is 58.7 Å². The smallest absolute Gasteiger partial charge is 0.279 e. The number of rotatable bonds is 6. The molecule has 0 saturated carbocycles. The van der Waals surface area contributed by atoms with Crippen molar-refractivity contribution >= 4 is 56.3 Å². The first-order valence-corrected chi connectivity index (χ1v) is 11.2. The highest BCUT2D eigenvalue weighted by Gasteiger charge is 2.17. The number of likely N-dealkylation sites (N-methyl/N-ethyl adjacent to an activating group) is 1. The molecule has 1 amide bonds. The Morgan fingerprint density at radius 3 is 2.65 bits per heavy atom. The van der Waals surface area contributed by atoms with Crippen LogP contribution in [0.4, 0.5) is 5.69 Å². The van der Waals surface area contributed by atoms with Crippen LogP contribution in [0.3, 0.4) is 0 Å². The van der Waals surface area contributed by atoms with E-state index in [4.69, 9.17) is 23.2 Å². The Morgan fingerprint density at radius 2 is 1.90 bits per heavy atom. The van der Waals surface area contributed by atoms with Gasteiger partial charge < -0.3 is 15.2 Å². The summed E-state index contributed by atoms with van der Waals surface area (Å²) in [6.45, 7) is 0.600. The fraction of sp³-hybridized carbons (Fsp3) is 0.136. The highest BCUT2D eigenvalue weighted by Crippen LogP contribution is 2.31. The van der Waals surface area contributed by atoms with E-state index in [9.17, 15) is 9.59 Å². The minimum Gasteiger partial charge on any atom is -0.323 e. The lowest BCUT2D eigenvalue weighted by Gasteiger charge is -2.13. The fourth-order valence-electron chi connectivity index (χ4n) is 3.30. The summed E-state index contributed by atoms with van der Waals surface area (Å²) >= 11 is 13.5. The zero-order valence-electron chi connectivity index (χ0n) is 16.5. The minimum atomic E-state index is -0.195. The predicted octanol–water partition coefficient (Wildman–Crippen LogP) is 3.61. The van der Waals surface area contributed by atoms with Gasteiger partial charge in [-0.2, -0.15) is 0 Å². The van der Waals surface area contributed by atoms with Gasteiger partial charge >= 0.3 is 0 Å². The third-order valence-corrected chi connectivity index (χ3v) is 6.18. The number of halogens is 2. The number of fused-ring (bicyclic) bond motifs is 1. The van der Waals surface area contributed by atoms with Gasteiger partial charge in [0.15, 0.2) is 12.4 Å². The first-order valence-electron chi connectivity index (χ1n) is 9.52. The maximum absolute atomic E-state index is 12.8. The molecule has 2 heterocycles. The van der Waals surface area contributed by atoms with Crippen LogP contribution in [0, 0.1) is 0 Å². The third-order valence-electron chi connectivity index (χ3n) is 4.73. The van der Waals surface area contributed by atoms with Crippen molar-refractivity contribution in [3.63, 3.8) is 0 Å². The van der Waals surface area contributed by atoms with Crippen molar-refractivity contribution in [1.29, 1.82) is 0 Å². The molecule has 0 radical (unpaired) electrons. The largest absolute Gasteiger partial charge is 0.323 e. The van der Waals surface area contributed by atoms with Crippen LogP contribution in [-0.4, -0.2) is 29.5 Å². The summed E-state index contributed by atoms with van der Waals surface area (Å²) in [6.07, 6.45) is 0. The number of benzene rings is 2. The van der Waals surface area contributed by atoms with Crippen LogP contribution in [-0.2, 0) is 11.3 Å². The van der Waals surface area contributed by atoms with E-state index in [-0.39, 0.29) is 18.0 Å². The maximum Gasteiger partial charge on any atom is 0.279 e. The predicted molar refractivity (Wildman–Crippen MR) is 126 cm³/mol. The number of thiophene rings is 1. The monoisotopic (exact) mass is 473 g/mol. The lowest BCUT2D eigenvalue weighted by molar-refractivity contribution is -0.885. The van der Waals surface area contributed by atoms with Crippen molar-refractivity contribution in [3.05, 3.63) is 80.1 Å². The summed E-state index contributed by atoms with van der Waals surface area (Å²) in [5.41, 5.74) is 2.12. The molecule has 4 rings (SSSR count). The average Bonchev–Trinajstić information content (AvgIpc) is 3.14. The van der Waals surface area contributed by atoms with Crippen LogP contribution in [0.2, 0.25) is 10.0 Å². The number of quaternary nitrogens is 1. The van der Waals surface area contributed by atoms with Gasteiger partial charge in [-0.25, -0.2) is 4.98 Å². The van der Waals surface area contributed by atoms with E-state index >= 15 is 0 Å². The van der Waals surface area contributed by atoms with Crippen molar-refractivity contribution < 1.29 is 9.69 Å². The number of aromatic nitrogens is 2. The molecule has 0 aliphatic carbocycles. The van der Waals surface area contributed by atoms with Crippen LogP contribution >= 0.6 is 34.5 Å². The molecule has 9 heteroatoms. The Morgan fingerprint density at radius 1 is 1.16 bits per heavy atom. The Hall–Kier alpha value is -2.71. The molecule has 0 fully saturated rings. The van der Waals surface area contributed by atoms with E-state index in [0.717, 1.165) is 16.0 Å². The topological polar surface area (TPSA) is 79.3 Å². The number of nitrogens with one attached hydrogen (secondary N) is 3. The van der Waals surface area contributed by atoms with Crippen molar-refractivity contribution in [3.8, 4) is 11.1 Å². The van der Waals surface area contributed by atoms with E-state index < -0.39 is 0 Å². The van der Waals surface area contributed by atoms with E-state index in [1.807, 2.05) is 24.6 Å². The number of carbonyl (C=O) groups is 1. The normalized spacial score (nSPS) is 12.1. The molecule has 2 aromatic carbocycles. The molecule has 0 spiro atoms. The van der Waals surface area contributed by atoms with Crippen LogP contribution in [0.25, 0.3) is 21.3 Å². The van der Waals surface area contributed by atoms with Gasteiger partial charge in [0.05, 0.1) is 23.1 Å². The molecule has 6 nitrogen and oxygen atoms in total. The number of hydrogen-bond acceptors (Lipinski definition) is 4. The van der Waals surface area contributed by atoms with Crippen LogP contribution in [0.5, 0.6) is 0 Å². The van der Waals surface area contributed by atoms with Gasteiger partial charge in [0, 0.05) is 16.0 Å². The number of H-pyrrole nitrogens is 1. The third kappa shape index (κ3) is 4.97. The summed E-state index contributed by atoms with van der Waals surface area (Å²) in [6, 6.07) is 14.4. The van der Waals surface area contributed by atoms with Gasteiger partial charge in [-0.05, 0) is 29.8 Å². The van der Waals surface area contributed by atoms with E-state index in [1.165, 1.54) is 11.3 Å². The number of hydrogen-bond donors (Lipinski definition) is 3. The molecule has 4 aromatic rings. The molecule has 0 aliphatic rings. The number of amides is 1. The van der Waals surface area contributed by atoms with E-state index in [1.54, 1.807) is 36.4 Å². The van der Waals surface area contributed by atoms with Crippen LogP contribution in [0.1, 0.15) is 5.82 Å². The Labute approximate surface area is 192 Å². The molecule has 0 bridgehead atoms. The highest BCUT2D eigenvalue weighted by molar-refractivity contribution is 7.17. The van der Waals surface area contributed by atoms with E-state index in [0.29, 0.717) is 38.3 Å². The van der Waals surface area contributed by atoms with Gasteiger partial charge in [0.2, 0.25) is 0 Å². The summed E-state index contributed by atoms with van der Waals surface area (Å²) in [7, 11) is 1.87. The molecule has 158 valence electrons. The van der Waals surface area contributed by atoms with Gasteiger partial charge in [0.25, 0.3) is 11.5 Å². The standard InChI is InChI=1S/C22H18Cl2N4O2S/c1-28(11-19(29)25-17-5-3-2-4-16(17)24)10-18-26-21(30)20-15(12-31-22(20)27-18)13-6-8-14(23)9-7-13/h2-9,12H,10-11H2,1H3,(H,25,29)(H,26,27,30)/p+1. The van der Waals surface area contributed by atoms with Crippen molar-refractivity contribution in [2.45, 2.75) is 6.54 Å². The zero-order chi connectivity index (χ0) is 22.0. The lowest BCUT2D eigenvalue weighted by atomic mass is 10.1. The molecule has 31 heavy (non-hydrogen) atoms. The maximum atomic E-state index is 12.8. The molecule has 1 atom stereocenters. The van der Waals surface area contributed by atoms with Crippen LogP contribution < -0.4 is 15.8 Å². The van der Waals surface area contributed by atoms with Gasteiger partial charge in [-0.3, -0.25) is 9.59 Å². The van der Waals surface area contributed by atoms with Gasteiger partial charge in [-0.15, -0.1) is 11.3 Å². The fourth-order valence-corrected chi connectivity index (χ4v) is 4.57. The Balaban J connectivity index is 1.49. The summed E-state index contributed by atoms with van der Waals surface area (Å²) < 4.78 is 0. The minimum absolute atomic E-state index is 0.171. The summed E-state index contributed by atoms with van der Waals surface area (Å²) in [5.74, 6) is 0.361. The number of nitrogens with zero attached hydrogens (tertiary/aromatic N) is 1. The van der Waals surface area contributed by atoms with Crippen molar-refractivity contribution in [2.75, 3.05) is 18.9 Å². The molecular weight excluding hydrogens is 455 g/mol. The van der Waals surface area contributed by atoms with Crippen molar-refractivity contribution in [1.82, 2.24) is 9.97 Å². The SMILES string of the molecule is C[NH+](CC(=O)Nc1ccccc1Cl)Cc1nc2scc(-c3ccc(Cl)cc3)c2c(=O)[nH]1. The van der Waals surface area contributed by atoms with Gasteiger partial charge in [-0.1, -0.05) is 47.5 Å². The molecule has 0 saturated heterocycles.